The fraction of sp³-hybridized carbons (Fsp3) is 0.500. The first kappa shape index (κ1) is 21.9. The van der Waals surface area contributed by atoms with Crippen molar-refractivity contribution in [3.63, 3.8) is 0 Å². The van der Waals surface area contributed by atoms with Gasteiger partial charge in [-0.2, -0.15) is 0 Å². The van der Waals surface area contributed by atoms with Gasteiger partial charge in [-0.1, -0.05) is 57.7 Å². The molecule has 2 amide bonds. The number of rotatable bonds is 8. The SMILES string of the molecule is CCCN(CC(=O)Nc1ccccc1C)C(=O)CSc1nnc(C(C)(C)C)o1. The van der Waals surface area contributed by atoms with Crippen LogP contribution in [0.25, 0.3) is 0 Å². The highest BCUT2D eigenvalue weighted by Gasteiger charge is 2.23. The summed E-state index contributed by atoms with van der Waals surface area (Å²) in [6.45, 7) is 10.4. The van der Waals surface area contributed by atoms with Crippen LogP contribution in [0, 0.1) is 6.92 Å². The van der Waals surface area contributed by atoms with Gasteiger partial charge in [-0.3, -0.25) is 9.59 Å². The van der Waals surface area contributed by atoms with Gasteiger partial charge in [0.25, 0.3) is 5.22 Å². The summed E-state index contributed by atoms with van der Waals surface area (Å²) in [5.41, 5.74) is 1.50. The van der Waals surface area contributed by atoms with Gasteiger partial charge in [-0.25, -0.2) is 0 Å². The van der Waals surface area contributed by atoms with Crippen LogP contribution in [0.2, 0.25) is 0 Å². The van der Waals surface area contributed by atoms with Crippen molar-refractivity contribution in [2.75, 3.05) is 24.2 Å². The van der Waals surface area contributed by atoms with Gasteiger partial charge in [0.1, 0.15) is 0 Å². The van der Waals surface area contributed by atoms with Gasteiger partial charge in [0.2, 0.25) is 17.7 Å². The first-order valence-corrected chi connectivity index (χ1v) is 10.3. The van der Waals surface area contributed by atoms with E-state index >= 15 is 0 Å². The summed E-state index contributed by atoms with van der Waals surface area (Å²) in [4.78, 5) is 26.5. The number of aryl methyl sites for hydroxylation is 1. The first-order valence-electron chi connectivity index (χ1n) is 9.30. The average molecular weight is 405 g/mol. The number of carbonyl (C=O) groups is 2. The topological polar surface area (TPSA) is 88.3 Å². The van der Waals surface area contributed by atoms with E-state index in [9.17, 15) is 9.59 Å². The molecule has 0 atom stereocenters. The van der Waals surface area contributed by atoms with Gasteiger partial charge in [0.05, 0.1) is 12.3 Å². The van der Waals surface area contributed by atoms with Crippen molar-refractivity contribution in [1.82, 2.24) is 15.1 Å². The average Bonchev–Trinajstić information content (AvgIpc) is 3.11. The number of thioether (sulfide) groups is 1. The quantitative estimate of drug-likeness (QED) is 0.676. The van der Waals surface area contributed by atoms with Gasteiger partial charge in [-0.15, -0.1) is 10.2 Å². The molecule has 1 heterocycles. The van der Waals surface area contributed by atoms with Crippen molar-refractivity contribution in [2.45, 2.75) is 51.7 Å². The Balaban J connectivity index is 1.93. The second kappa shape index (κ2) is 9.73. The fourth-order valence-corrected chi connectivity index (χ4v) is 3.09. The molecule has 0 saturated carbocycles. The maximum absolute atomic E-state index is 12.6. The smallest absolute Gasteiger partial charge is 0.277 e. The number of amides is 2. The molecule has 0 unspecified atom stereocenters. The van der Waals surface area contributed by atoms with Crippen LogP contribution < -0.4 is 5.32 Å². The highest BCUT2D eigenvalue weighted by atomic mass is 32.2. The van der Waals surface area contributed by atoms with Crippen molar-refractivity contribution in [2.24, 2.45) is 0 Å². The number of nitrogens with zero attached hydrogens (tertiary/aromatic N) is 3. The molecule has 1 N–H and O–H groups in total. The predicted molar refractivity (Wildman–Crippen MR) is 110 cm³/mol. The van der Waals surface area contributed by atoms with Crippen LogP contribution in [0.3, 0.4) is 0 Å². The molecule has 8 heteroatoms. The largest absolute Gasteiger partial charge is 0.415 e. The van der Waals surface area contributed by atoms with Gasteiger partial charge >= 0.3 is 0 Å². The van der Waals surface area contributed by atoms with Gasteiger partial charge in [0.15, 0.2) is 0 Å². The van der Waals surface area contributed by atoms with Crippen LogP contribution in [0.4, 0.5) is 5.69 Å². The lowest BCUT2D eigenvalue weighted by atomic mass is 9.97. The van der Waals surface area contributed by atoms with Gasteiger partial charge < -0.3 is 14.6 Å². The van der Waals surface area contributed by atoms with Crippen LogP contribution in [0.1, 0.15) is 45.6 Å². The molecular formula is C20H28N4O3S. The Morgan fingerprint density at radius 3 is 2.54 bits per heavy atom. The van der Waals surface area contributed by atoms with E-state index in [1.165, 1.54) is 11.8 Å². The van der Waals surface area contributed by atoms with E-state index in [1.807, 2.05) is 58.9 Å². The molecule has 2 rings (SSSR count). The Labute approximate surface area is 170 Å². The number of hydrogen-bond acceptors (Lipinski definition) is 6. The zero-order chi connectivity index (χ0) is 20.7. The lowest BCUT2D eigenvalue weighted by Crippen LogP contribution is -2.39. The van der Waals surface area contributed by atoms with Crippen LogP contribution in [-0.2, 0) is 15.0 Å². The molecule has 0 aliphatic rings. The predicted octanol–water partition coefficient (Wildman–Crippen LogP) is 3.64. The van der Waals surface area contributed by atoms with Crippen molar-refractivity contribution in [1.29, 1.82) is 0 Å². The highest BCUT2D eigenvalue weighted by molar-refractivity contribution is 7.99. The number of para-hydroxylation sites is 1. The van der Waals surface area contributed by atoms with E-state index in [0.717, 1.165) is 17.7 Å². The molecule has 7 nitrogen and oxygen atoms in total. The Hall–Kier alpha value is -2.35. The monoisotopic (exact) mass is 404 g/mol. The minimum Gasteiger partial charge on any atom is -0.415 e. The van der Waals surface area contributed by atoms with E-state index in [4.69, 9.17) is 4.42 Å². The normalized spacial score (nSPS) is 11.3. The molecule has 2 aromatic rings. The third-order valence-electron chi connectivity index (χ3n) is 3.97. The van der Waals surface area contributed by atoms with E-state index in [-0.39, 0.29) is 29.5 Å². The van der Waals surface area contributed by atoms with E-state index < -0.39 is 0 Å². The second-order valence-electron chi connectivity index (χ2n) is 7.59. The first-order chi connectivity index (χ1) is 13.2. The Morgan fingerprint density at radius 2 is 1.93 bits per heavy atom. The maximum atomic E-state index is 12.6. The summed E-state index contributed by atoms with van der Waals surface area (Å²) in [7, 11) is 0. The van der Waals surface area contributed by atoms with Crippen molar-refractivity contribution < 1.29 is 14.0 Å². The molecular weight excluding hydrogens is 376 g/mol. The third-order valence-corrected chi connectivity index (χ3v) is 4.77. The molecule has 0 aliphatic heterocycles. The summed E-state index contributed by atoms with van der Waals surface area (Å²) >= 11 is 1.19. The molecule has 0 aliphatic carbocycles. The van der Waals surface area contributed by atoms with E-state index in [1.54, 1.807) is 4.90 Å². The molecule has 1 aromatic carbocycles. The number of anilines is 1. The molecule has 152 valence electrons. The lowest BCUT2D eigenvalue weighted by molar-refractivity contribution is -0.132. The van der Waals surface area contributed by atoms with Crippen LogP contribution in [0.5, 0.6) is 0 Å². The maximum Gasteiger partial charge on any atom is 0.277 e. The molecule has 28 heavy (non-hydrogen) atoms. The molecule has 0 radical (unpaired) electrons. The Kier molecular flexibility index (Phi) is 7.62. The third kappa shape index (κ3) is 6.37. The van der Waals surface area contributed by atoms with Crippen LogP contribution in [0.15, 0.2) is 33.9 Å². The molecule has 0 fully saturated rings. The van der Waals surface area contributed by atoms with Crippen molar-refractivity contribution in [3.8, 4) is 0 Å². The molecule has 0 bridgehead atoms. The second-order valence-corrected chi connectivity index (χ2v) is 8.52. The molecule has 0 spiro atoms. The van der Waals surface area contributed by atoms with Crippen LogP contribution in [-0.4, -0.2) is 45.8 Å². The van der Waals surface area contributed by atoms with Gasteiger partial charge in [0, 0.05) is 17.6 Å². The summed E-state index contributed by atoms with van der Waals surface area (Å²) in [5.74, 6) is 0.324. The van der Waals surface area contributed by atoms with Crippen LogP contribution >= 0.6 is 11.8 Å². The number of carbonyl (C=O) groups excluding carboxylic acids is 2. The van der Waals surface area contributed by atoms with E-state index in [0.29, 0.717) is 17.7 Å². The number of benzene rings is 1. The molecule has 0 saturated heterocycles. The highest BCUT2D eigenvalue weighted by Crippen LogP contribution is 2.24. The van der Waals surface area contributed by atoms with E-state index in [2.05, 4.69) is 15.5 Å². The summed E-state index contributed by atoms with van der Waals surface area (Å²) < 4.78 is 5.60. The Bertz CT molecular complexity index is 814. The zero-order valence-electron chi connectivity index (χ0n) is 17.1. The minimum absolute atomic E-state index is 0.0125. The fourth-order valence-electron chi connectivity index (χ4n) is 2.42. The summed E-state index contributed by atoms with van der Waals surface area (Å²) in [6, 6.07) is 7.55. The minimum atomic E-state index is -0.238. The number of nitrogens with one attached hydrogen (secondary N) is 1. The molecule has 1 aromatic heterocycles. The Morgan fingerprint density at radius 1 is 1.21 bits per heavy atom. The van der Waals surface area contributed by atoms with Crippen molar-refractivity contribution >= 4 is 29.3 Å². The number of aromatic nitrogens is 2. The zero-order valence-corrected chi connectivity index (χ0v) is 17.9. The van der Waals surface area contributed by atoms with Crippen molar-refractivity contribution in [3.05, 3.63) is 35.7 Å². The van der Waals surface area contributed by atoms with Gasteiger partial charge in [-0.05, 0) is 25.0 Å². The summed E-state index contributed by atoms with van der Waals surface area (Å²) in [6.07, 6.45) is 0.767. The lowest BCUT2D eigenvalue weighted by Gasteiger charge is -2.21. The standard InChI is InChI=1S/C20H28N4O3S/c1-6-11-24(12-16(25)21-15-10-8-7-9-14(15)2)17(26)13-28-19-23-22-18(27-19)20(3,4)5/h7-10H,6,11-13H2,1-5H3,(H,21,25). The number of hydrogen-bond donors (Lipinski definition) is 1. The summed E-state index contributed by atoms with van der Waals surface area (Å²) in [5, 5.41) is 11.2.